The van der Waals surface area contributed by atoms with Gasteiger partial charge in [-0.2, -0.15) is 0 Å². The Hall–Kier alpha value is -3.71. The molecule has 2 aliphatic heterocycles. The highest BCUT2D eigenvalue weighted by Gasteiger charge is 2.39. The smallest absolute Gasteiger partial charge is 0.326 e. The van der Waals surface area contributed by atoms with E-state index in [1.54, 1.807) is 6.07 Å². The maximum atomic E-state index is 15.3. The van der Waals surface area contributed by atoms with Crippen LogP contribution in [0.1, 0.15) is 64.7 Å². The Morgan fingerprint density at radius 3 is 2.13 bits per heavy atom. The van der Waals surface area contributed by atoms with Crippen molar-refractivity contribution in [3.8, 4) is 5.75 Å². The summed E-state index contributed by atoms with van der Waals surface area (Å²) in [7, 11) is 0. The number of carbonyl (C=O) groups is 2. The lowest BCUT2D eigenvalue weighted by molar-refractivity contribution is -0.141. The van der Waals surface area contributed by atoms with Crippen molar-refractivity contribution < 1.29 is 23.8 Å². The molecule has 2 heterocycles. The molecule has 1 atom stereocenters. The molecule has 3 aromatic carbocycles. The SMILES string of the molecule is O=C(O)C1CCCN1C(=O)c1cc(C2CC2)c(OC2CN(C(c3ccccc3)c3ccccc3)C2)cc1F. The predicted molar refractivity (Wildman–Crippen MR) is 141 cm³/mol. The lowest BCUT2D eigenvalue weighted by Gasteiger charge is -2.44. The van der Waals surface area contributed by atoms with Crippen molar-refractivity contribution >= 4 is 11.9 Å². The summed E-state index contributed by atoms with van der Waals surface area (Å²) in [5.41, 5.74) is 3.22. The second-order valence-corrected chi connectivity index (χ2v) is 10.6. The first kappa shape index (κ1) is 24.6. The number of hydrogen-bond donors (Lipinski definition) is 1. The molecule has 3 aromatic rings. The van der Waals surface area contributed by atoms with Crippen LogP contribution < -0.4 is 4.74 Å². The molecule has 1 amide bonds. The van der Waals surface area contributed by atoms with Crippen molar-refractivity contribution in [1.82, 2.24) is 9.80 Å². The Bertz CT molecular complexity index is 1280. The van der Waals surface area contributed by atoms with Gasteiger partial charge in [-0.25, -0.2) is 9.18 Å². The molecule has 0 aromatic heterocycles. The minimum Gasteiger partial charge on any atom is -0.487 e. The van der Waals surface area contributed by atoms with Gasteiger partial charge in [0.25, 0.3) is 5.91 Å². The van der Waals surface area contributed by atoms with Gasteiger partial charge in [0.2, 0.25) is 0 Å². The van der Waals surface area contributed by atoms with E-state index in [0.717, 1.165) is 18.4 Å². The maximum absolute atomic E-state index is 15.3. The molecule has 6 rings (SSSR count). The topological polar surface area (TPSA) is 70.1 Å². The molecule has 1 aliphatic carbocycles. The maximum Gasteiger partial charge on any atom is 0.326 e. The first-order chi connectivity index (χ1) is 18.5. The lowest BCUT2D eigenvalue weighted by Crippen LogP contribution is -2.55. The normalized spacial score (nSPS) is 19.9. The van der Waals surface area contributed by atoms with E-state index in [-0.39, 0.29) is 23.6 Å². The number of benzene rings is 3. The number of carboxylic acids is 1. The van der Waals surface area contributed by atoms with E-state index in [4.69, 9.17) is 4.74 Å². The molecule has 1 N–H and O–H groups in total. The zero-order valence-corrected chi connectivity index (χ0v) is 21.1. The van der Waals surface area contributed by atoms with Gasteiger partial charge in [-0.15, -0.1) is 0 Å². The molecule has 7 heteroatoms. The van der Waals surface area contributed by atoms with Crippen molar-refractivity contribution in [3.63, 3.8) is 0 Å². The van der Waals surface area contributed by atoms with Crippen LogP contribution >= 0.6 is 0 Å². The van der Waals surface area contributed by atoms with Crippen molar-refractivity contribution in [3.05, 3.63) is 101 Å². The number of ether oxygens (including phenoxy) is 1. The largest absolute Gasteiger partial charge is 0.487 e. The molecule has 0 spiro atoms. The van der Waals surface area contributed by atoms with Gasteiger partial charge in [0.15, 0.2) is 0 Å². The first-order valence-electron chi connectivity index (χ1n) is 13.4. The minimum atomic E-state index is -1.04. The average molecular weight is 515 g/mol. The Labute approximate surface area is 221 Å². The van der Waals surface area contributed by atoms with E-state index in [9.17, 15) is 14.7 Å². The van der Waals surface area contributed by atoms with Gasteiger partial charge in [-0.05, 0) is 54.4 Å². The fourth-order valence-electron chi connectivity index (χ4n) is 5.79. The molecule has 3 aliphatic rings. The van der Waals surface area contributed by atoms with Gasteiger partial charge in [0.1, 0.15) is 23.7 Å². The molecule has 196 valence electrons. The predicted octanol–water partition coefficient (Wildman–Crippen LogP) is 5.24. The van der Waals surface area contributed by atoms with E-state index in [0.29, 0.717) is 38.2 Å². The molecule has 1 unspecified atom stereocenters. The fraction of sp³-hybridized carbons (Fsp3) is 0.355. The molecule has 38 heavy (non-hydrogen) atoms. The number of hydrogen-bond acceptors (Lipinski definition) is 4. The summed E-state index contributed by atoms with van der Waals surface area (Å²) in [6, 6.07) is 22.9. The summed E-state index contributed by atoms with van der Waals surface area (Å²) in [4.78, 5) is 28.4. The monoisotopic (exact) mass is 514 g/mol. The molecule has 0 radical (unpaired) electrons. The van der Waals surface area contributed by atoms with Crippen LogP contribution in [-0.2, 0) is 4.79 Å². The van der Waals surface area contributed by atoms with Crippen molar-refractivity contribution in [2.24, 2.45) is 0 Å². The average Bonchev–Trinajstić information content (AvgIpc) is 3.62. The summed E-state index contributed by atoms with van der Waals surface area (Å²) < 4.78 is 21.6. The summed E-state index contributed by atoms with van der Waals surface area (Å²) in [6.45, 7) is 1.73. The van der Waals surface area contributed by atoms with Crippen LogP contribution in [0, 0.1) is 5.82 Å². The highest BCUT2D eigenvalue weighted by atomic mass is 19.1. The first-order valence-corrected chi connectivity index (χ1v) is 13.4. The van der Waals surface area contributed by atoms with Crippen LogP contribution in [-0.4, -0.2) is 58.6 Å². The number of aliphatic carboxylic acids is 1. The number of rotatable bonds is 8. The third-order valence-corrected chi connectivity index (χ3v) is 7.91. The highest BCUT2D eigenvalue weighted by molar-refractivity contribution is 5.97. The van der Waals surface area contributed by atoms with Crippen LogP contribution in [0.3, 0.4) is 0 Å². The summed E-state index contributed by atoms with van der Waals surface area (Å²) in [5.74, 6) is -1.52. The second kappa shape index (κ2) is 10.2. The Balaban J connectivity index is 1.20. The molecular formula is C31H31FN2O4. The van der Waals surface area contributed by atoms with E-state index in [1.165, 1.54) is 22.1 Å². The zero-order valence-electron chi connectivity index (χ0n) is 21.1. The van der Waals surface area contributed by atoms with Crippen molar-refractivity contribution in [1.29, 1.82) is 0 Å². The standard InChI is InChI=1S/C31H31FN2O4/c32-26-17-28(24(20-13-14-20)16-25(26)30(35)34-15-7-12-27(34)31(36)37)38-23-18-33(19-23)29(21-8-3-1-4-9-21)22-10-5-2-6-11-22/h1-6,8-11,16-17,20,23,27,29H,7,12-15,18-19H2,(H,36,37). The van der Waals surface area contributed by atoms with Gasteiger partial charge >= 0.3 is 5.97 Å². The summed E-state index contributed by atoms with van der Waals surface area (Å²) in [6.07, 6.45) is 2.85. The molecule has 0 bridgehead atoms. The third-order valence-electron chi connectivity index (χ3n) is 7.91. The van der Waals surface area contributed by atoms with E-state index in [1.807, 2.05) is 36.4 Å². The van der Waals surface area contributed by atoms with Gasteiger partial charge in [-0.3, -0.25) is 9.69 Å². The quantitative estimate of drug-likeness (QED) is 0.445. The zero-order chi connectivity index (χ0) is 26.2. The Kier molecular flexibility index (Phi) is 6.62. The van der Waals surface area contributed by atoms with Gasteiger partial charge in [-0.1, -0.05) is 60.7 Å². The Morgan fingerprint density at radius 2 is 1.55 bits per heavy atom. The number of nitrogens with zero attached hydrogens (tertiary/aromatic N) is 2. The van der Waals surface area contributed by atoms with Crippen LogP contribution in [0.25, 0.3) is 0 Å². The number of carbonyl (C=O) groups excluding carboxylic acids is 1. The second-order valence-electron chi connectivity index (χ2n) is 10.6. The van der Waals surface area contributed by atoms with Crippen LogP contribution in [0.15, 0.2) is 72.8 Å². The van der Waals surface area contributed by atoms with E-state index in [2.05, 4.69) is 29.2 Å². The van der Waals surface area contributed by atoms with Crippen LogP contribution in [0.2, 0.25) is 0 Å². The molecule has 6 nitrogen and oxygen atoms in total. The van der Waals surface area contributed by atoms with Gasteiger partial charge in [0.05, 0.1) is 11.6 Å². The van der Waals surface area contributed by atoms with Gasteiger partial charge in [0, 0.05) is 25.7 Å². The molecule has 2 saturated heterocycles. The number of likely N-dealkylation sites (tertiary alicyclic amines) is 2. The number of amides is 1. The summed E-state index contributed by atoms with van der Waals surface area (Å²) in [5, 5.41) is 9.47. The summed E-state index contributed by atoms with van der Waals surface area (Å²) >= 11 is 0. The van der Waals surface area contributed by atoms with Crippen molar-refractivity contribution in [2.45, 2.75) is 49.8 Å². The third kappa shape index (κ3) is 4.78. The molecule has 1 saturated carbocycles. The number of carboxylic acid groups (broad SMARTS) is 1. The lowest BCUT2D eigenvalue weighted by atomic mass is 9.93. The minimum absolute atomic E-state index is 0.0594. The van der Waals surface area contributed by atoms with E-state index >= 15 is 4.39 Å². The molecule has 3 fully saturated rings. The highest BCUT2D eigenvalue weighted by Crippen LogP contribution is 2.46. The van der Waals surface area contributed by atoms with Gasteiger partial charge < -0.3 is 14.7 Å². The Morgan fingerprint density at radius 1 is 0.921 bits per heavy atom. The number of halogens is 1. The molecular weight excluding hydrogens is 483 g/mol. The van der Waals surface area contributed by atoms with Crippen molar-refractivity contribution in [2.75, 3.05) is 19.6 Å². The van der Waals surface area contributed by atoms with Crippen LogP contribution in [0.5, 0.6) is 5.75 Å². The van der Waals surface area contributed by atoms with Crippen LogP contribution in [0.4, 0.5) is 4.39 Å². The fourth-order valence-corrected chi connectivity index (χ4v) is 5.79. The van der Waals surface area contributed by atoms with E-state index < -0.39 is 23.7 Å².